The summed E-state index contributed by atoms with van der Waals surface area (Å²) in [6.45, 7) is 4.78. The summed E-state index contributed by atoms with van der Waals surface area (Å²) in [6.07, 6.45) is 8.69. The summed E-state index contributed by atoms with van der Waals surface area (Å²) in [5.41, 5.74) is 0.496. The average Bonchev–Trinajstić information content (AvgIpc) is 2.32. The lowest BCUT2D eigenvalue weighted by molar-refractivity contribution is -0.141. The quantitative estimate of drug-likeness (QED) is 0.826. The monoisotopic (exact) mass is 262 g/mol. The first kappa shape index (κ1) is 12.2. The fourth-order valence-electron chi connectivity index (χ4n) is 5.93. The van der Waals surface area contributed by atoms with Gasteiger partial charge in [-0.3, -0.25) is 4.79 Å². The van der Waals surface area contributed by atoms with Gasteiger partial charge in [-0.15, -0.1) is 0 Å². The Hall–Kier alpha value is -0.570. The van der Waals surface area contributed by atoms with Gasteiger partial charge in [0.15, 0.2) is 0 Å². The van der Waals surface area contributed by atoms with Crippen LogP contribution in [0, 0.1) is 23.2 Å². The molecule has 1 aliphatic heterocycles. The minimum absolute atomic E-state index is 0.328. The molecule has 19 heavy (non-hydrogen) atoms. The number of hydrogen-bond donors (Lipinski definition) is 1. The minimum Gasteiger partial charge on any atom is -0.337 e. The fourth-order valence-corrected chi connectivity index (χ4v) is 5.93. The predicted molar refractivity (Wildman–Crippen MR) is 74.6 cm³/mol. The molecule has 1 unspecified atom stereocenters. The van der Waals surface area contributed by atoms with Gasteiger partial charge < -0.3 is 10.2 Å². The molecule has 0 radical (unpaired) electrons. The molecule has 106 valence electrons. The van der Waals surface area contributed by atoms with Crippen LogP contribution >= 0.6 is 0 Å². The molecule has 4 saturated carbocycles. The van der Waals surface area contributed by atoms with Crippen LogP contribution in [-0.4, -0.2) is 36.5 Å². The number of nitrogens with zero attached hydrogens (tertiary/aromatic N) is 1. The fraction of sp³-hybridized carbons (Fsp3) is 0.938. The Kier molecular flexibility index (Phi) is 2.70. The molecule has 1 saturated heterocycles. The molecule has 3 heteroatoms. The van der Waals surface area contributed by atoms with Gasteiger partial charge in [-0.1, -0.05) is 0 Å². The van der Waals surface area contributed by atoms with E-state index in [2.05, 4.69) is 17.1 Å². The lowest BCUT2D eigenvalue weighted by Gasteiger charge is -2.58. The van der Waals surface area contributed by atoms with Crippen molar-refractivity contribution in [2.45, 2.75) is 51.5 Å². The molecule has 5 rings (SSSR count). The highest BCUT2D eigenvalue weighted by Gasteiger charge is 2.52. The van der Waals surface area contributed by atoms with Crippen LogP contribution in [0.5, 0.6) is 0 Å². The maximum Gasteiger partial charge on any atom is 0.236 e. The van der Waals surface area contributed by atoms with Gasteiger partial charge in [0.2, 0.25) is 5.91 Å². The van der Waals surface area contributed by atoms with E-state index in [0.29, 0.717) is 23.9 Å². The predicted octanol–water partition coefficient (Wildman–Crippen LogP) is 2.02. The van der Waals surface area contributed by atoms with E-state index in [1.54, 1.807) is 0 Å². The van der Waals surface area contributed by atoms with Crippen LogP contribution in [0.1, 0.15) is 45.4 Å². The normalized spacial score (nSPS) is 48.9. The molecule has 4 aliphatic carbocycles. The Balaban J connectivity index is 1.54. The van der Waals surface area contributed by atoms with Crippen LogP contribution in [0.25, 0.3) is 0 Å². The molecule has 1 atom stereocenters. The van der Waals surface area contributed by atoms with Crippen molar-refractivity contribution in [3.8, 4) is 0 Å². The van der Waals surface area contributed by atoms with Crippen molar-refractivity contribution in [3.63, 3.8) is 0 Å². The van der Waals surface area contributed by atoms with Gasteiger partial charge in [-0.05, 0) is 68.6 Å². The third-order valence-electron chi connectivity index (χ3n) is 6.24. The second-order valence-electron chi connectivity index (χ2n) is 7.92. The van der Waals surface area contributed by atoms with Gasteiger partial charge in [-0.25, -0.2) is 0 Å². The van der Waals surface area contributed by atoms with Gasteiger partial charge in [0.25, 0.3) is 0 Å². The first-order valence-electron chi connectivity index (χ1n) is 8.14. The molecular weight excluding hydrogens is 236 g/mol. The summed E-state index contributed by atoms with van der Waals surface area (Å²) in [5.74, 6) is 3.29. The summed E-state index contributed by atoms with van der Waals surface area (Å²) in [6, 6.07) is 0.384. The lowest BCUT2D eigenvalue weighted by Crippen LogP contribution is -2.59. The van der Waals surface area contributed by atoms with Crippen molar-refractivity contribution in [1.82, 2.24) is 10.2 Å². The van der Waals surface area contributed by atoms with Crippen LogP contribution in [0.4, 0.5) is 0 Å². The molecule has 1 heterocycles. The highest BCUT2D eigenvalue weighted by molar-refractivity contribution is 5.79. The number of rotatable bonds is 2. The molecule has 5 fully saturated rings. The molecule has 0 aromatic carbocycles. The van der Waals surface area contributed by atoms with Crippen molar-refractivity contribution < 1.29 is 4.79 Å². The maximum absolute atomic E-state index is 12.2. The number of nitrogens with one attached hydrogen (secondary N) is 1. The second-order valence-corrected chi connectivity index (χ2v) is 7.92. The van der Waals surface area contributed by atoms with Crippen molar-refractivity contribution in [1.29, 1.82) is 0 Å². The van der Waals surface area contributed by atoms with E-state index in [9.17, 15) is 4.79 Å². The smallest absolute Gasteiger partial charge is 0.236 e. The van der Waals surface area contributed by atoms with Crippen molar-refractivity contribution in [2.75, 3.05) is 19.6 Å². The Labute approximate surface area is 116 Å². The molecule has 0 aromatic heterocycles. The highest BCUT2D eigenvalue weighted by Crippen LogP contribution is 2.60. The molecule has 0 aromatic rings. The number of carbonyl (C=O) groups is 1. The zero-order chi connectivity index (χ0) is 13.0. The largest absolute Gasteiger partial charge is 0.337 e. The van der Waals surface area contributed by atoms with Crippen LogP contribution in [-0.2, 0) is 4.79 Å². The van der Waals surface area contributed by atoms with E-state index < -0.39 is 0 Å². The van der Waals surface area contributed by atoms with Gasteiger partial charge in [0.1, 0.15) is 0 Å². The number of hydrogen-bond acceptors (Lipinski definition) is 2. The number of piperazine rings is 1. The van der Waals surface area contributed by atoms with Crippen molar-refractivity contribution in [3.05, 3.63) is 0 Å². The summed E-state index contributed by atoms with van der Waals surface area (Å²) in [5, 5.41) is 3.23. The molecular formula is C16H26N2O. The molecule has 1 N–H and O–H groups in total. The number of amides is 1. The van der Waals surface area contributed by atoms with E-state index in [1.165, 1.54) is 38.5 Å². The van der Waals surface area contributed by atoms with Crippen LogP contribution in [0.15, 0.2) is 0 Å². The third-order valence-corrected chi connectivity index (χ3v) is 6.24. The maximum atomic E-state index is 12.2. The summed E-state index contributed by atoms with van der Waals surface area (Å²) >= 11 is 0. The van der Waals surface area contributed by atoms with Crippen LogP contribution < -0.4 is 5.32 Å². The average molecular weight is 262 g/mol. The Bertz CT molecular complexity index is 357. The Morgan fingerprint density at radius 1 is 1.16 bits per heavy atom. The van der Waals surface area contributed by atoms with Gasteiger partial charge >= 0.3 is 0 Å². The van der Waals surface area contributed by atoms with Gasteiger partial charge in [0, 0.05) is 19.1 Å². The van der Waals surface area contributed by atoms with Gasteiger partial charge in [0.05, 0.1) is 6.54 Å². The lowest BCUT2D eigenvalue weighted by atomic mass is 9.49. The third kappa shape index (κ3) is 2.01. The van der Waals surface area contributed by atoms with E-state index in [1.807, 2.05) is 0 Å². The van der Waals surface area contributed by atoms with Gasteiger partial charge in [-0.2, -0.15) is 0 Å². The van der Waals surface area contributed by atoms with Crippen LogP contribution in [0.3, 0.4) is 0 Å². The molecule has 1 amide bonds. The van der Waals surface area contributed by atoms with E-state index in [0.717, 1.165) is 30.8 Å². The second kappa shape index (κ2) is 4.21. The van der Waals surface area contributed by atoms with Crippen molar-refractivity contribution >= 4 is 5.91 Å². The standard InChI is InChI=1S/C16H26N2O/c1-11-8-17-9-15(19)18(11)10-16-5-12-2-13(6-16)4-14(3-12)7-16/h11-14,17H,2-10H2,1H3. The van der Waals surface area contributed by atoms with Crippen molar-refractivity contribution in [2.24, 2.45) is 23.2 Å². The zero-order valence-corrected chi connectivity index (χ0v) is 12.0. The Morgan fingerprint density at radius 2 is 1.74 bits per heavy atom. The summed E-state index contributed by atoms with van der Waals surface area (Å²) < 4.78 is 0. The molecule has 0 spiro atoms. The van der Waals surface area contributed by atoms with E-state index in [4.69, 9.17) is 0 Å². The first-order valence-corrected chi connectivity index (χ1v) is 8.14. The highest BCUT2D eigenvalue weighted by atomic mass is 16.2. The number of carbonyl (C=O) groups excluding carboxylic acids is 1. The van der Waals surface area contributed by atoms with E-state index >= 15 is 0 Å². The van der Waals surface area contributed by atoms with E-state index in [-0.39, 0.29) is 0 Å². The molecule has 4 bridgehead atoms. The SMILES string of the molecule is CC1CNCC(=O)N1CC12CC3CC(CC(C3)C1)C2. The Morgan fingerprint density at radius 3 is 2.26 bits per heavy atom. The molecule has 3 nitrogen and oxygen atoms in total. The molecule has 5 aliphatic rings. The zero-order valence-electron chi connectivity index (χ0n) is 12.0. The topological polar surface area (TPSA) is 32.3 Å². The first-order chi connectivity index (χ1) is 9.13. The minimum atomic E-state index is 0.328. The van der Waals surface area contributed by atoms with Crippen LogP contribution in [0.2, 0.25) is 0 Å². The summed E-state index contributed by atoms with van der Waals surface area (Å²) in [7, 11) is 0. The summed E-state index contributed by atoms with van der Waals surface area (Å²) in [4.78, 5) is 14.4.